The van der Waals surface area contributed by atoms with E-state index in [0.717, 1.165) is 11.3 Å². The number of hydrogen-bond acceptors (Lipinski definition) is 3. The van der Waals surface area contributed by atoms with Gasteiger partial charge in [0.25, 0.3) is 0 Å². The summed E-state index contributed by atoms with van der Waals surface area (Å²) in [6.07, 6.45) is 1.39. The van der Waals surface area contributed by atoms with Crippen molar-refractivity contribution in [3.8, 4) is 0 Å². The van der Waals surface area contributed by atoms with Crippen LogP contribution < -0.4 is 10.2 Å². The van der Waals surface area contributed by atoms with E-state index in [1.165, 1.54) is 11.8 Å². The predicted molar refractivity (Wildman–Crippen MR) is 108 cm³/mol. The van der Waals surface area contributed by atoms with Crippen molar-refractivity contribution in [1.29, 1.82) is 0 Å². The first kappa shape index (κ1) is 19.1. The maximum absolute atomic E-state index is 12.4. The second-order valence-corrected chi connectivity index (χ2v) is 8.28. The van der Waals surface area contributed by atoms with E-state index in [1.54, 1.807) is 35.2 Å². The van der Waals surface area contributed by atoms with Gasteiger partial charge in [0, 0.05) is 28.6 Å². The van der Waals surface area contributed by atoms with Crippen molar-refractivity contribution < 1.29 is 9.59 Å². The van der Waals surface area contributed by atoms with E-state index in [0.29, 0.717) is 34.4 Å². The Balaban J connectivity index is 1.64. The summed E-state index contributed by atoms with van der Waals surface area (Å²) in [6.45, 7) is 2.52. The molecule has 0 aliphatic carbocycles. The van der Waals surface area contributed by atoms with Gasteiger partial charge in [-0.1, -0.05) is 23.2 Å². The summed E-state index contributed by atoms with van der Waals surface area (Å²) in [5.74, 6) is -0.0392. The zero-order valence-corrected chi connectivity index (χ0v) is 16.5. The van der Waals surface area contributed by atoms with Crippen LogP contribution in [0.25, 0.3) is 0 Å². The number of thioether (sulfide) groups is 1. The van der Waals surface area contributed by atoms with Gasteiger partial charge in [0.05, 0.1) is 16.0 Å². The van der Waals surface area contributed by atoms with Gasteiger partial charge in [0.1, 0.15) is 0 Å². The summed E-state index contributed by atoms with van der Waals surface area (Å²) in [4.78, 5) is 26.9. The van der Waals surface area contributed by atoms with Crippen LogP contribution in [0, 0.1) is 0 Å². The van der Waals surface area contributed by atoms with E-state index in [1.807, 2.05) is 19.1 Å². The number of benzene rings is 2. The van der Waals surface area contributed by atoms with Gasteiger partial charge in [0.15, 0.2) is 0 Å². The Morgan fingerprint density at radius 3 is 2.54 bits per heavy atom. The molecule has 1 heterocycles. The minimum Gasteiger partial charge on any atom is -0.325 e. The minimum absolute atomic E-state index is 0.0803. The van der Waals surface area contributed by atoms with E-state index in [-0.39, 0.29) is 17.1 Å². The van der Waals surface area contributed by atoms with Crippen molar-refractivity contribution >= 4 is 58.2 Å². The van der Waals surface area contributed by atoms with Gasteiger partial charge >= 0.3 is 0 Å². The molecule has 2 aromatic rings. The molecule has 1 aliphatic heterocycles. The summed E-state index contributed by atoms with van der Waals surface area (Å²) in [7, 11) is 0. The zero-order valence-electron chi connectivity index (χ0n) is 14.2. The number of nitrogens with zero attached hydrogens (tertiary/aromatic N) is 1. The number of hydrogen-bond donors (Lipinski definition) is 1. The van der Waals surface area contributed by atoms with Crippen molar-refractivity contribution in [3.63, 3.8) is 0 Å². The van der Waals surface area contributed by atoms with Gasteiger partial charge in [0.2, 0.25) is 11.8 Å². The molecular formula is C19H18Cl2N2O2S. The first-order valence-electron chi connectivity index (χ1n) is 8.27. The molecule has 1 aliphatic rings. The van der Waals surface area contributed by atoms with E-state index >= 15 is 0 Å². The fourth-order valence-electron chi connectivity index (χ4n) is 2.72. The number of anilines is 2. The van der Waals surface area contributed by atoms with Crippen LogP contribution in [0.3, 0.4) is 0 Å². The van der Waals surface area contributed by atoms with Crippen molar-refractivity contribution in [3.05, 3.63) is 52.5 Å². The van der Waals surface area contributed by atoms with Crippen LogP contribution >= 0.6 is 35.0 Å². The lowest BCUT2D eigenvalue weighted by Gasteiger charge is -2.18. The van der Waals surface area contributed by atoms with Crippen molar-refractivity contribution in [1.82, 2.24) is 0 Å². The third-order valence-corrected chi connectivity index (χ3v) is 5.74. The summed E-state index contributed by atoms with van der Waals surface area (Å²) in [6, 6.07) is 12.6. The lowest BCUT2D eigenvalue weighted by molar-refractivity contribution is -0.117. The average Bonchev–Trinajstić information content (AvgIpc) is 3.03. The minimum atomic E-state index is -0.283. The lowest BCUT2D eigenvalue weighted by Crippen LogP contribution is -2.24. The monoisotopic (exact) mass is 408 g/mol. The number of carbonyl (C=O) groups is 2. The van der Waals surface area contributed by atoms with Crippen LogP contribution in [-0.2, 0) is 9.59 Å². The van der Waals surface area contributed by atoms with Crippen LogP contribution in [-0.4, -0.2) is 23.6 Å². The summed E-state index contributed by atoms with van der Waals surface area (Å²) < 4.78 is 0. The maximum Gasteiger partial charge on any atom is 0.237 e. The third kappa shape index (κ3) is 4.53. The molecule has 0 bridgehead atoms. The highest BCUT2D eigenvalue weighted by atomic mass is 35.5. The van der Waals surface area contributed by atoms with Gasteiger partial charge < -0.3 is 10.2 Å². The number of nitrogens with one attached hydrogen (secondary N) is 1. The summed E-state index contributed by atoms with van der Waals surface area (Å²) in [5, 5.41) is 3.71. The fraction of sp³-hybridized carbons (Fsp3) is 0.263. The molecule has 26 heavy (non-hydrogen) atoms. The molecule has 0 saturated carbocycles. The van der Waals surface area contributed by atoms with Crippen LogP contribution in [0.15, 0.2) is 47.4 Å². The molecule has 1 atom stereocenters. The molecule has 1 fully saturated rings. The van der Waals surface area contributed by atoms with E-state index in [4.69, 9.17) is 23.2 Å². The Morgan fingerprint density at radius 2 is 1.92 bits per heavy atom. The molecule has 2 aromatic carbocycles. The van der Waals surface area contributed by atoms with Gasteiger partial charge in [-0.2, -0.15) is 0 Å². The molecule has 2 amide bonds. The quantitative estimate of drug-likeness (QED) is 0.688. The zero-order chi connectivity index (χ0) is 18.7. The normalized spacial score (nSPS) is 15.2. The number of rotatable bonds is 5. The summed E-state index contributed by atoms with van der Waals surface area (Å²) in [5.41, 5.74) is 1.30. The predicted octanol–water partition coefficient (Wildman–Crippen LogP) is 5.24. The Labute approximate surface area is 166 Å². The van der Waals surface area contributed by atoms with Crippen LogP contribution in [0.1, 0.15) is 19.8 Å². The Kier molecular flexibility index (Phi) is 6.12. The maximum atomic E-state index is 12.4. The van der Waals surface area contributed by atoms with Gasteiger partial charge in [-0.3, -0.25) is 9.59 Å². The van der Waals surface area contributed by atoms with Gasteiger partial charge in [-0.15, -0.1) is 11.8 Å². The summed E-state index contributed by atoms with van der Waals surface area (Å²) >= 11 is 13.6. The molecule has 3 rings (SSSR count). The lowest BCUT2D eigenvalue weighted by atomic mass is 10.2. The first-order valence-corrected chi connectivity index (χ1v) is 9.90. The molecule has 0 spiro atoms. The van der Waals surface area contributed by atoms with Crippen molar-refractivity contribution in [2.75, 3.05) is 16.8 Å². The number of amides is 2. The van der Waals surface area contributed by atoms with Crippen LogP contribution in [0.5, 0.6) is 0 Å². The van der Waals surface area contributed by atoms with E-state index in [2.05, 4.69) is 5.32 Å². The smallest absolute Gasteiger partial charge is 0.237 e. The molecule has 1 saturated heterocycles. The Morgan fingerprint density at radius 1 is 1.19 bits per heavy atom. The molecule has 0 radical (unpaired) electrons. The largest absolute Gasteiger partial charge is 0.325 e. The van der Waals surface area contributed by atoms with Crippen LogP contribution in [0.2, 0.25) is 10.0 Å². The average molecular weight is 409 g/mol. The van der Waals surface area contributed by atoms with E-state index < -0.39 is 0 Å². The molecule has 136 valence electrons. The van der Waals surface area contributed by atoms with Gasteiger partial charge in [-0.25, -0.2) is 0 Å². The van der Waals surface area contributed by atoms with E-state index in [9.17, 15) is 9.59 Å². The molecular weight excluding hydrogens is 391 g/mol. The topological polar surface area (TPSA) is 49.4 Å². The van der Waals surface area contributed by atoms with Gasteiger partial charge in [-0.05, 0) is 55.8 Å². The fourth-order valence-corrected chi connectivity index (χ4v) is 4.00. The highest BCUT2D eigenvalue weighted by molar-refractivity contribution is 8.00. The van der Waals surface area contributed by atoms with Crippen molar-refractivity contribution in [2.45, 2.75) is 29.9 Å². The molecule has 0 aromatic heterocycles. The number of halogens is 2. The standard InChI is InChI=1S/C19H18Cl2N2O2S/c1-12(26-15-7-4-13(20)5-8-15)19(25)22-14-6-9-17(16(21)11-14)23-10-2-3-18(23)24/h4-9,11-12H,2-3,10H2,1H3,(H,22,25). The first-order chi connectivity index (χ1) is 12.4. The Bertz CT molecular complexity index is 827. The molecule has 7 heteroatoms. The third-order valence-electron chi connectivity index (χ3n) is 4.08. The number of carbonyl (C=O) groups excluding carboxylic acids is 2. The molecule has 4 nitrogen and oxygen atoms in total. The highest BCUT2D eigenvalue weighted by Crippen LogP contribution is 2.32. The van der Waals surface area contributed by atoms with Crippen molar-refractivity contribution in [2.24, 2.45) is 0 Å². The Hall–Kier alpha value is -1.69. The molecule has 1 unspecified atom stereocenters. The second-order valence-electron chi connectivity index (χ2n) is 6.02. The van der Waals surface area contributed by atoms with Crippen LogP contribution in [0.4, 0.5) is 11.4 Å². The molecule has 1 N–H and O–H groups in total. The second kappa shape index (κ2) is 8.33. The SMILES string of the molecule is CC(Sc1ccc(Cl)cc1)C(=O)Nc1ccc(N2CCCC2=O)c(Cl)c1. The highest BCUT2D eigenvalue weighted by Gasteiger charge is 2.24.